The summed E-state index contributed by atoms with van der Waals surface area (Å²) in [5.74, 6) is 0.309. The van der Waals surface area contributed by atoms with Gasteiger partial charge in [0, 0.05) is 42.5 Å². The molecule has 1 N–H and O–H groups in total. The Morgan fingerprint density at radius 2 is 2.05 bits per heavy atom. The van der Waals surface area contributed by atoms with Crippen LogP contribution in [0.2, 0.25) is 0 Å². The molecule has 3 aromatic heterocycles. The SMILES string of the molecule is O=C(NCc1ccoc1)c1cnc(-c2cccnc2)nc1. The summed E-state index contributed by atoms with van der Waals surface area (Å²) < 4.78 is 4.94. The summed E-state index contributed by atoms with van der Waals surface area (Å²) in [5, 5.41) is 2.77. The lowest BCUT2D eigenvalue weighted by atomic mass is 10.2. The van der Waals surface area contributed by atoms with Gasteiger partial charge in [-0.05, 0) is 18.2 Å². The Labute approximate surface area is 120 Å². The maximum Gasteiger partial charge on any atom is 0.254 e. The first kappa shape index (κ1) is 13.0. The van der Waals surface area contributed by atoms with Gasteiger partial charge in [0.1, 0.15) is 0 Å². The molecule has 0 atom stereocenters. The number of hydrogen-bond donors (Lipinski definition) is 1. The number of carbonyl (C=O) groups excluding carboxylic acids is 1. The number of carbonyl (C=O) groups is 1. The first-order chi connectivity index (χ1) is 10.3. The summed E-state index contributed by atoms with van der Waals surface area (Å²) in [6.07, 6.45) is 9.50. The highest BCUT2D eigenvalue weighted by Gasteiger charge is 2.08. The van der Waals surface area contributed by atoms with Crippen LogP contribution < -0.4 is 5.32 Å². The van der Waals surface area contributed by atoms with Gasteiger partial charge in [0.25, 0.3) is 5.91 Å². The van der Waals surface area contributed by atoms with Crippen molar-refractivity contribution in [1.29, 1.82) is 0 Å². The van der Waals surface area contributed by atoms with Crippen molar-refractivity contribution in [2.24, 2.45) is 0 Å². The molecule has 0 aliphatic carbocycles. The molecule has 6 heteroatoms. The molecule has 0 aliphatic heterocycles. The van der Waals surface area contributed by atoms with Crippen molar-refractivity contribution in [3.05, 3.63) is 66.6 Å². The molecule has 0 radical (unpaired) electrons. The highest BCUT2D eigenvalue weighted by Crippen LogP contribution is 2.11. The average molecular weight is 280 g/mol. The smallest absolute Gasteiger partial charge is 0.254 e. The Morgan fingerprint density at radius 1 is 1.19 bits per heavy atom. The van der Waals surface area contributed by atoms with Crippen molar-refractivity contribution in [3.8, 4) is 11.4 Å². The standard InChI is InChI=1S/C15H12N4O2/c20-15(19-6-11-3-5-21-10-11)13-8-17-14(18-9-13)12-2-1-4-16-7-12/h1-5,7-10H,6H2,(H,19,20). The molecule has 0 unspecified atom stereocenters. The van der Waals surface area contributed by atoms with E-state index in [1.165, 1.54) is 12.4 Å². The normalized spacial score (nSPS) is 10.3. The molecule has 0 bridgehead atoms. The summed E-state index contributed by atoms with van der Waals surface area (Å²) in [6, 6.07) is 5.47. The van der Waals surface area contributed by atoms with Gasteiger partial charge in [-0.1, -0.05) is 0 Å². The molecular formula is C15H12N4O2. The second-order valence-corrected chi connectivity index (χ2v) is 4.35. The fourth-order valence-electron chi connectivity index (χ4n) is 1.77. The first-order valence-electron chi connectivity index (χ1n) is 6.34. The zero-order valence-electron chi connectivity index (χ0n) is 11.1. The number of amides is 1. The number of furan rings is 1. The molecule has 0 aliphatic rings. The molecule has 0 fully saturated rings. The van der Waals surface area contributed by atoms with Gasteiger partial charge in [-0.25, -0.2) is 9.97 Å². The van der Waals surface area contributed by atoms with Crippen LogP contribution in [0.4, 0.5) is 0 Å². The van der Waals surface area contributed by atoms with E-state index in [9.17, 15) is 4.79 Å². The van der Waals surface area contributed by atoms with Crippen LogP contribution in [-0.4, -0.2) is 20.9 Å². The molecule has 6 nitrogen and oxygen atoms in total. The van der Waals surface area contributed by atoms with E-state index in [0.29, 0.717) is 17.9 Å². The zero-order valence-corrected chi connectivity index (χ0v) is 11.1. The molecule has 0 spiro atoms. The topological polar surface area (TPSA) is 80.9 Å². The zero-order chi connectivity index (χ0) is 14.5. The first-order valence-corrected chi connectivity index (χ1v) is 6.34. The largest absolute Gasteiger partial charge is 0.472 e. The quantitative estimate of drug-likeness (QED) is 0.791. The lowest BCUT2D eigenvalue weighted by molar-refractivity contribution is 0.0950. The highest BCUT2D eigenvalue weighted by molar-refractivity contribution is 5.93. The van der Waals surface area contributed by atoms with Crippen molar-refractivity contribution < 1.29 is 9.21 Å². The van der Waals surface area contributed by atoms with E-state index in [1.807, 2.05) is 12.1 Å². The molecule has 21 heavy (non-hydrogen) atoms. The Bertz CT molecular complexity index is 709. The van der Waals surface area contributed by atoms with Crippen LogP contribution in [0.1, 0.15) is 15.9 Å². The molecule has 104 valence electrons. The minimum Gasteiger partial charge on any atom is -0.472 e. The molecule has 0 aromatic carbocycles. The minimum absolute atomic E-state index is 0.228. The molecular weight excluding hydrogens is 268 g/mol. The number of nitrogens with zero attached hydrogens (tertiary/aromatic N) is 3. The number of hydrogen-bond acceptors (Lipinski definition) is 5. The van der Waals surface area contributed by atoms with Crippen molar-refractivity contribution in [1.82, 2.24) is 20.3 Å². The van der Waals surface area contributed by atoms with E-state index in [1.54, 1.807) is 31.0 Å². The minimum atomic E-state index is -0.228. The van der Waals surface area contributed by atoms with Crippen LogP contribution >= 0.6 is 0 Å². The van der Waals surface area contributed by atoms with E-state index >= 15 is 0 Å². The maximum absolute atomic E-state index is 12.0. The summed E-state index contributed by atoms with van der Waals surface area (Å²) in [5.41, 5.74) is 2.12. The van der Waals surface area contributed by atoms with Crippen molar-refractivity contribution in [3.63, 3.8) is 0 Å². The lowest BCUT2D eigenvalue weighted by Gasteiger charge is -2.04. The number of aromatic nitrogens is 3. The van der Waals surface area contributed by atoms with E-state index in [-0.39, 0.29) is 5.91 Å². The third-order valence-electron chi connectivity index (χ3n) is 2.87. The summed E-state index contributed by atoms with van der Waals surface area (Å²) in [6.45, 7) is 0.402. The summed E-state index contributed by atoms with van der Waals surface area (Å²) in [7, 11) is 0. The second-order valence-electron chi connectivity index (χ2n) is 4.35. The Balaban J connectivity index is 1.67. The van der Waals surface area contributed by atoms with Crippen LogP contribution in [-0.2, 0) is 6.54 Å². The fraction of sp³-hybridized carbons (Fsp3) is 0.0667. The van der Waals surface area contributed by atoms with Crippen molar-refractivity contribution >= 4 is 5.91 Å². The average Bonchev–Trinajstić information content (AvgIpc) is 3.07. The van der Waals surface area contributed by atoms with E-state index in [4.69, 9.17) is 4.42 Å². The predicted molar refractivity (Wildman–Crippen MR) is 75.1 cm³/mol. The lowest BCUT2D eigenvalue weighted by Crippen LogP contribution is -2.22. The van der Waals surface area contributed by atoms with Crippen LogP contribution in [0.5, 0.6) is 0 Å². The van der Waals surface area contributed by atoms with Gasteiger partial charge >= 0.3 is 0 Å². The van der Waals surface area contributed by atoms with Crippen molar-refractivity contribution in [2.45, 2.75) is 6.54 Å². The van der Waals surface area contributed by atoms with Gasteiger partial charge in [0.2, 0.25) is 0 Å². The Hall–Kier alpha value is -3.02. The van der Waals surface area contributed by atoms with Gasteiger partial charge in [0.15, 0.2) is 5.82 Å². The van der Waals surface area contributed by atoms with Crippen LogP contribution in [0.25, 0.3) is 11.4 Å². The van der Waals surface area contributed by atoms with Gasteiger partial charge in [-0.15, -0.1) is 0 Å². The monoisotopic (exact) mass is 280 g/mol. The highest BCUT2D eigenvalue weighted by atomic mass is 16.3. The summed E-state index contributed by atoms with van der Waals surface area (Å²) >= 11 is 0. The predicted octanol–water partition coefficient (Wildman–Crippen LogP) is 2.06. The molecule has 1 amide bonds. The van der Waals surface area contributed by atoms with Gasteiger partial charge < -0.3 is 9.73 Å². The Kier molecular flexibility index (Phi) is 3.68. The van der Waals surface area contributed by atoms with Crippen LogP contribution in [0, 0.1) is 0 Å². The van der Waals surface area contributed by atoms with E-state index in [2.05, 4.69) is 20.3 Å². The number of rotatable bonds is 4. The molecule has 0 saturated heterocycles. The number of pyridine rings is 1. The van der Waals surface area contributed by atoms with Crippen LogP contribution in [0.3, 0.4) is 0 Å². The fourth-order valence-corrected chi connectivity index (χ4v) is 1.77. The van der Waals surface area contributed by atoms with Crippen molar-refractivity contribution in [2.75, 3.05) is 0 Å². The second kappa shape index (κ2) is 5.96. The third kappa shape index (κ3) is 3.11. The number of nitrogens with one attached hydrogen (secondary N) is 1. The van der Waals surface area contributed by atoms with E-state index in [0.717, 1.165) is 11.1 Å². The van der Waals surface area contributed by atoms with Gasteiger partial charge in [-0.3, -0.25) is 9.78 Å². The molecule has 3 heterocycles. The van der Waals surface area contributed by atoms with Gasteiger partial charge in [-0.2, -0.15) is 0 Å². The summed E-state index contributed by atoms with van der Waals surface area (Å²) in [4.78, 5) is 24.3. The molecule has 3 rings (SSSR count). The molecule has 0 saturated carbocycles. The van der Waals surface area contributed by atoms with Gasteiger partial charge in [0.05, 0.1) is 18.1 Å². The van der Waals surface area contributed by atoms with Crippen LogP contribution in [0.15, 0.2) is 59.9 Å². The Morgan fingerprint density at radius 3 is 2.71 bits per heavy atom. The maximum atomic E-state index is 12.0. The third-order valence-corrected chi connectivity index (χ3v) is 2.87. The molecule has 3 aromatic rings. The van der Waals surface area contributed by atoms with E-state index < -0.39 is 0 Å².